The molecule has 0 heterocycles. The van der Waals surface area contributed by atoms with E-state index in [1.165, 1.54) is 20.3 Å². The van der Waals surface area contributed by atoms with E-state index in [0.717, 1.165) is 31.7 Å². The zero-order chi connectivity index (χ0) is 12.1. The maximum atomic E-state index is 10.3. The van der Waals surface area contributed by atoms with E-state index in [2.05, 4.69) is 0 Å². The van der Waals surface area contributed by atoms with Crippen LogP contribution in [-0.4, -0.2) is 53.6 Å². The fourth-order valence-corrected chi connectivity index (χ4v) is 2.34. The van der Waals surface area contributed by atoms with Gasteiger partial charge in [0.25, 0.3) is 0 Å². The van der Waals surface area contributed by atoms with Gasteiger partial charge in [-0.05, 0) is 0 Å². The van der Waals surface area contributed by atoms with Crippen LogP contribution < -0.4 is 13.1 Å². The largest absolute Gasteiger partial charge is 0.412 e. The first-order valence-corrected chi connectivity index (χ1v) is 5.89. The van der Waals surface area contributed by atoms with E-state index in [4.69, 9.17) is 9.47 Å². The summed E-state index contributed by atoms with van der Waals surface area (Å²) in [7, 11) is 2.94. The molecule has 0 aromatic heterocycles. The van der Waals surface area contributed by atoms with E-state index in [0.29, 0.717) is 17.8 Å². The Labute approximate surface area is 112 Å². The summed E-state index contributed by atoms with van der Waals surface area (Å²) >= 11 is 1.08. The second kappa shape index (κ2) is 7.18. The summed E-state index contributed by atoms with van der Waals surface area (Å²) in [6, 6.07) is 1.67. The molecule has 3 radical (unpaired) electrons. The van der Waals surface area contributed by atoms with Gasteiger partial charge in [0, 0.05) is 0 Å². The van der Waals surface area contributed by atoms with E-state index in [1.807, 2.05) is 0 Å². The van der Waals surface area contributed by atoms with Gasteiger partial charge in [-0.1, -0.05) is 0 Å². The maximum absolute atomic E-state index is 10.3. The molecule has 0 amide bonds. The SMILES string of the molecule is COc1cc(C=CC=O)[c]([Sn])c(OC)c1O.O. The van der Waals surface area contributed by atoms with Gasteiger partial charge in [0.15, 0.2) is 0 Å². The summed E-state index contributed by atoms with van der Waals surface area (Å²) in [6.45, 7) is 0. The number of rotatable bonds is 4. The van der Waals surface area contributed by atoms with Crippen molar-refractivity contribution in [2.75, 3.05) is 14.2 Å². The van der Waals surface area contributed by atoms with Gasteiger partial charge in [-0.25, -0.2) is 0 Å². The average molecular weight is 344 g/mol. The molecule has 0 fully saturated rings. The summed E-state index contributed by atoms with van der Waals surface area (Å²) in [5.74, 6) is 0.705. The first kappa shape index (κ1) is 15.8. The molecule has 17 heavy (non-hydrogen) atoms. The molecule has 6 heteroatoms. The van der Waals surface area contributed by atoms with Crippen molar-refractivity contribution in [2.24, 2.45) is 0 Å². The molecule has 0 saturated carbocycles. The maximum Gasteiger partial charge on any atom is -0.412 e. The molecule has 1 aromatic carbocycles. The van der Waals surface area contributed by atoms with Crippen LogP contribution in [0.3, 0.4) is 0 Å². The first-order chi connectivity index (χ1) is 7.65. The molecule has 0 saturated heterocycles. The van der Waals surface area contributed by atoms with Crippen molar-refractivity contribution in [1.82, 2.24) is 0 Å². The van der Waals surface area contributed by atoms with E-state index >= 15 is 0 Å². The van der Waals surface area contributed by atoms with Crippen LogP contribution in [-0.2, 0) is 4.79 Å². The number of aldehydes is 1. The molecule has 1 aromatic rings. The van der Waals surface area contributed by atoms with E-state index in [-0.39, 0.29) is 11.2 Å². The van der Waals surface area contributed by atoms with Crippen LogP contribution in [0.5, 0.6) is 17.2 Å². The van der Waals surface area contributed by atoms with Gasteiger partial charge in [0.1, 0.15) is 0 Å². The summed E-state index contributed by atoms with van der Waals surface area (Å²) in [6.07, 6.45) is 3.74. The van der Waals surface area contributed by atoms with Crippen LogP contribution in [0.15, 0.2) is 12.1 Å². The molecule has 0 unspecified atom stereocenters. The normalized spacial score (nSPS) is 9.82. The number of carbonyl (C=O) groups is 1. The number of benzene rings is 1. The Morgan fingerprint density at radius 2 is 2.00 bits per heavy atom. The van der Waals surface area contributed by atoms with Gasteiger partial charge >= 0.3 is 107 Å². The quantitative estimate of drug-likeness (QED) is 0.457. The molecule has 0 aliphatic heterocycles. The number of hydrogen-bond acceptors (Lipinski definition) is 4. The molecule has 5 nitrogen and oxygen atoms in total. The predicted molar refractivity (Wildman–Crippen MR) is 65.3 cm³/mol. The molecular weight excluding hydrogens is 331 g/mol. The Morgan fingerprint density at radius 1 is 1.35 bits per heavy atom. The number of phenolic OH excluding ortho intramolecular Hbond substituents is 1. The Kier molecular flexibility index (Phi) is 6.67. The molecule has 0 aliphatic rings. The summed E-state index contributed by atoms with van der Waals surface area (Å²) < 4.78 is 11.0. The van der Waals surface area contributed by atoms with E-state index in [1.54, 1.807) is 12.1 Å². The molecule has 91 valence electrons. The fourth-order valence-electron chi connectivity index (χ4n) is 1.27. The number of methoxy groups -OCH3 is 2. The van der Waals surface area contributed by atoms with Crippen LogP contribution in [0.25, 0.3) is 6.08 Å². The van der Waals surface area contributed by atoms with Gasteiger partial charge in [0.05, 0.1) is 0 Å². The molecule has 3 N–H and O–H groups in total. The average Bonchev–Trinajstić information content (AvgIpc) is 2.29. The minimum absolute atomic E-state index is 0. The van der Waals surface area contributed by atoms with Crippen LogP contribution >= 0.6 is 0 Å². The van der Waals surface area contributed by atoms with E-state index in [9.17, 15) is 9.90 Å². The number of phenols is 1. The number of hydrogen-bond donors (Lipinski definition) is 1. The van der Waals surface area contributed by atoms with Gasteiger partial charge in [-0.2, -0.15) is 0 Å². The Bertz CT molecular complexity index is 428. The van der Waals surface area contributed by atoms with Crippen molar-refractivity contribution in [3.63, 3.8) is 0 Å². The Balaban J connectivity index is 0.00000256. The van der Waals surface area contributed by atoms with Crippen LogP contribution in [0.2, 0.25) is 0 Å². The minimum atomic E-state index is -0.0138. The number of aromatic hydroxyl groups is 1. The Morgan fingerprint density at radius 3 is 2.47 bits per heavy atom. The fraction of sp³-hybridized carbons (Fsp3) is 0.182. The third-order valence-corrected chi connectivity index (χ3v) is 3.50. The molecule has 0 spiro atoms. The topological polar surface area (TPSA) is 87.3 Å². The zero-order valence-electron chi connectivity index (χ0n) is 9.48. The van der Waals surface area contributed by atoms with Crippen molar-refractivity contribution in [3.05, 3.63) is 17.7 Å². The number of carbonyl (C=O) groups excluding carboxylic acids is 1. The van der Waals surface area contributed by atoms with Crippen LogP contribution in [0.4, 0.5) is 0 Å². The third kappa shape index (κ3) is 3.37. The Hall–Kier alpha value is -1.21. The molecular formula is C11H13O5Sn. The standard InChI is InChI=1S/C11H11O4.H2O.Sn/c1-14-9-6-8(4-3-5-12)7-10(15-2)11(9)13;;/h3-6,13H,1-2H3;1H2;. The minimum Gasteiger partial charge on any atom is -0.412 e. The third-order valence-electron chi connectivity index (χ3n) is 2.03. The first-order valence-electron chi connectivity index (χ1n) is 4.47. The summed E-state index contributed by atoms with van der Waals surface area (Å²) in [5, 5.41) is 9.79. The second-order valence-electron chi connectivity index (χ2n) is 2.92. The van der Waals surface area contributed by atoms with Crippen molar-refractivity contribution in [3.8, 4) is 17.2 Å². The van der Waals surface area contributed by atoms with Crippen molar-refractivity contribution >= 4 is 38.5 Å². The van der Waals surface area contributed by atoms with Crippen LogP contribution in [0.1, 0.15) is 5.56 Å². The van der Waals surface area contributed by atoms with E-state index < -0.39 is 0 Å². The zero-order valence-corrected chi connectivity index (χ0v) is 12.3. The van der Waals surface area contributed by atoms with Gasteiger partial charge in [-0.15, -0.1) is 0 Å². The second-order valence-corrected chi connectivity index (χ2v) is 4.35. The smallest absolute Gasteiger partial charge is 0.412 e. The summed E-state index contributed by atoms with van der Waals surface area (Å²) in [5.41, 5.74) is 0.803. The predicted octanol–water partition coefficient (Wildman–Crippen LogP) is -0.409. The molecule has 1 rings (SSSR count). The molecule has 0 bridgehead atoms. The van der Waals surface area contributed by atoms with Crippen molar-refractivity contribution in [2.45, 2.75) is 0 Å². The van der Waals surface area contributed by atoms with Gasteiger partial charge in [-0.3, -0.25) is 0 Å². The monoisotopic (exact) mass is 345 g/mol. The molecule has 0 aliphatic carbocycles. The van der Waals surface area contributed by atoms with Crippen molar-refractivity contribution < 1.29 is 24.9 Å². The van der Waals surface area contributed by atoms with Crippen LogP contribution in [0, 0.1) is 0 Å². The van der Waals surface area contributed by atoms with Crippen molar-refractivity contribution in [1.29, 1.82) is 0 Å². The van der Waals surface area contributed by atoms with Gasteiger partial charge < -0.3 is 5.48 Å². The number of allylic oxidation sites excluding steroid dienone is 1. The molecule has 0 atom stereocenters. The number of ether oxygens (including phenoxy) is 2. The van der Waals surface area contributed by atoms with Gasteiger partial charge in [0.2, 0.25) is 0 Å². The summed E-state index contributed by atoms with van der Waals surface area (Å²) in [4.78, 5) is 10.3.